The number of thioether (sulfide) groups is 1. The van der Waals surface area contributed by atoms with Gasteiger partial charge in [-0.3, -0.25) is 0 Å². The molecule has 0 rings (SSSR count). The highest BCUT2D eigenvalue weighted by Gasteiger charge is 1.78. The highest BCUT2D eigenvalue weighted by atomic mass is 32.2. The molecule has 0 atom stereocenters. The van der Waals surface area contributed by atoms with Crippen LogP contribution in [0.3, 0.4) is 0 Å². The second kappa shape index (κ2) is 6.02. The molecule has 0 heterocycles. The van der Waals surface area contributed by atoms with Gasteiger partial charge in [0.15, 0.2) is 0 Å². The van der Waals surface area contributed by atoms with Gasteiger partial charge >= 0.3 is 0 Å². The lowest BCUT2D eigenvalue weighted by molar-refractivity contribution is 1.31. The van der Waals surface area contributed by atoms with Gasteiger partial charge in [-0.1, -0.05) is 6.92 Å². The first-order chi connectivity index (χ1) is 3.41. The Labute approximate surface area is 49.0 Å². The smallest absolute Gasteiger partial charge is 0.00183 e. The third kappa shape index (κ3) is 6.02. The van der Waals surface area contributed by atoms with E-state index in [1.54, 1.807) is 0 Å². The number of nitrogens with one attached hydrogen (secondary N) is 1. The summed E-state index contributed by atoms with van der Waals surface area (Å²) in [6.07, 6.45) is 2.39. The van der Waals surface area contributed by atoms with Crippen molar-refractivity contribution >= 4 is 18.0 Å². The zero-order valence-electron chi connectivity index (χ0n) is 4.61. The number of hydrogen-bond donors (Lipinski definition) is 1. The van der Waals surface area contributed by atoms with Crippen molar-refractivity contribution in [2.24, 2.45) is 0 Å². The molecule has 0 spiro atoms. The first-order valence-corrected chi connectivity index (χ1v) is 3.64. The van der Waals surface area contributed by atoms with E-state index in [-0.39, 0.29) is 0 Å². The predicted molar refractivity (Wildman–Crippen MR) is 36.4 cm³/mol. The molecule has 0 saturated carbocycles. The molecule has 1 nitrogen and oxygen atoms in total. The molecule has 0 amide bonds. The standard InChI is InChI=1S/C5H11NS/c1-2-7-5-3-4-6/h4,6H,2-3,5H2,1H3. The van der Waals surface area contributed by atoms with Gasteiger partial charge in [0.25, 0.3) is 0 Å². The van der Waals surface area contributed by atoms with Gasteiger partial charge in [0, 0.05) is 0 Å². The van der Waals surface area contributed by atoms with Crippen molar-refractivity contribution in [2.45, 2.75) is 13.3 Å². The summed E-state index contributed by atoms with van der Waals surface area (Å²) in [5.74, 6) is 2.29. The molecule has 0 aliphatic rings. The summed E-state index contributed by atoms with van der Waals surface area (Å²) in [5.41, 5.74) is 0. The summed E-state index contributed by atoms with van der Waals surface area (Å²) in [6.45, 7) is 2.13. The van der Waals surface area contributed by atoms with Gasteiger partial charge in [0.1, 0.15) is 0 Å². The normalized spacial score (nSPS) is 8.71. The third-order valence-corrected chi connectivity index (χ3v) is 1.54. The average Bonchev–Trinajstić information content (AvgIpc) is 1.69. The highest BCUT2D eigenvalue weighted by molar-refractivity contribution is 7.99. The lowest BCUT2D eigenvalue weighted by atomic mass is 10.5. The van der Waals surface area contributed by atoms with Crippen LogP contribution in [0.5, 0.6) is 0 Å². The van der Waals surface area contributed by atoms with Crippen LogP contribution in [-0.2, 0) is 0 Å². The molecule has 0 aromatic carbocycles. The van der Waals surface area contributed by atoms with Gasteiger partial charge in [-0.25, -0.2) is 0 Å². The second-order valence-electron chi connectivity index (χ2n) is 1.19. The number of rotatable bonds is 4. The topological polar surface area (TPSA) is 23.9 Å². The molecule has 42 valence electrons. The van der Waals surface area contributed by atoms with E-state index >= 15 is 0 Å². The lowest BCUT2D eigenvalue weighted by Gasteiger charge is -1.87. The molecule has 0 aromatic heterocycles. The molecular weight excluding hydrogens is 106 g/mol. The average molecular weight is 117 g/mol. The Morgan fingerprint density at radius 1 is 1.71 bits per heavy atom. The van der Waals surface area contributed by atoms with Gasteiger partial charge in [-0.15, -0.1) is 0 Å². The minimum atomic E-state index is 0.929. The Morgan fingerprint density at radius 3 is 2.86 bits per heavy atom. The molecule has 0 fully saturated rings. The minimum Gasteiger partial charge on any atom is -0.313 e. The summed E-state index contributed by atoms with van der Waals surface area (Å²) in [4.78, 5) is 0. The van der Waals surface area contributed by atoms with Crippen LogP contribution < -0.4 is 0 Å². The van der Waals surface area contributed by atoms with E-state index in [9.17, 15) is 0 Å². The second-order valence-corrected chi connectivity index (χ2v) is 2.58. The van der Waals surface area contributed by atoms with Crippen LogP contribution in [0.4, 0.5) is 0 Å². The van der Waals surface area contributed by atoms with E-state index in [0.29, 0.717) is 0 Å². The molecule has 7 heavy (non-hydrogen) atoms. The van der Waals surface area contributed by atoms with E-state index in [4.69, 9.17) is 5.41 Å². The van der Waals surface area contributed by atoms with Gasteiger partial charge in [-0.05, 0) is 24.1 Å². The Morgan fingerprint density at radius 2 is 2.43 bits per heavy atom. The third-order valence-electron chi connectivity index (χ3n) is 0.611. The molecule has 0 bridgehead atoms. The predicted octanol–water partition coefficient (Wildman–Crippen LogP) is 1.78. The van der Waals surface area contributed by atoms with Crippen LogP contribution in [0, 0.1) is 5.41 Å². The van der Waals surface area contributed by atoms with Crippen LogP contribution in [-0.4, -0.2) is 17.7 Å². The molecule has 0 saturated heterocycles. The fourth-order valence-corrected chi connectivity index (χ4v) is 0.860. The molecule has 0 unspecified atom stereocenters. The van der Waals surface area contributed by atoms with Crippen LogP contribution in [0.25, 0.3) is 0 Å². The minimum absolute atomic E-state index is 0.929. The van der Waals surface area contributed by atoms with Crippen molar-refractivity contribution in [1.29, 1.82) is 5.41 Å². The Balaban J connectivity index is 2.56. The van der Waals surface area contributed by atoms with Crippen molar-refractivity contribution in [1.82, 2.24) is 0 Å². The van der Waals surface area contributed by atoms with E-state index in [1.807, 2.05) is 11.8 Å². The van der Waals surface area contributed by atoms with E-state index in [1.165, 1.54) is 12.0 Å². The maximum absolute atomic E-state index is 6.64. The SMILES string of the molecule is CCSCCC=N. The maximum Gasteiger partial charge on any atom is -0.00183 e. The fraction of sp³-hybridized carbons (Fsp3) is 0.800. The summed E-state index contributed by atoms with van der Waals surface area (Å²) in [5, 5.41) is 6.64. The zero-order chi connectivity index (χ0) is 5.54. The molecular formula is C5H11NS. The van der Waals surface area contributed by atoms with Gasteiger partial charge in [0.05, 0.1) is 0 Å². The summed E-state index contributed by atoms with van der Waals surface area (Å²) >= 11 is 1.88. The van der Waals surface area contributed by atoms with Gasteiger partial charge in [0.2, 0.25) is 0 Å². The van der Waals surface area contributed by atoms with Crippen molar-refractivity contribution in [3.8, 4) is 0 Å². The Kier molecular flexibility index (Phi) is 6.04. The first kappa shape index (κ1) is 7.02. The first-order valence-electron chi connectivity index (χ1n) is 2.48. The molecule has 0 radical (unpaired) electrons. The Hall–Kier alpha value is 0.0200. The van der Waals surface area contributed by atoms with E-state index in [2.05, 4.69) is 6.92 Å². The van der Waals surface area contributed by atoms with Crippen LogP contribution in [0.15, 0.2) is 0 Å². The van der Waals surface area contributed by atoms with Crippen LogP contribution in [0.1, 0.15) is 13.3 Å². The fourth-order valence-electron chi connectivity index (χ4n) is 0.287. The maximum atomic E-state index is 6.64. The van der Waals surface area contributed by atoms with Crippen LogP contribution >= 0.6 is 11.8 Å². The summed E-state index contributed by atoms with van der Waals surface area (Å²) < 4.78 is 0. The van der Waals surface area contributed by atoms with Crippen molar-refractivity contribution in [3.63, 3.8) is 0 Å². The molecule has 0 aromatic rings. The summed E-state index contributed by atoms with van der Waals surface area (Å²) in [7, 11) is 0. The van der Waals surface area contributed by atoms with Gasteiger partial charge < -0.3 is 5.41 Å². The van der Waals surface area contributed by atoms with Crippen molar-refractivity contribution in [2.75, 3.05) is 11.5 Å². The quantitative estimate of drug-likeness (QED) is 0.440. The zero-order valence-corrected chi connectivity index (χ0v) is 5.42. The largest absolute Gasteiger partial charge is 0.313 e. The molecule has 0 aliphatic carbocycles. The van der Waals surface area contributed by atoms with Crippen molar-refractivity contribution in [3.05, 3.63) is 0 Å². The van der Waals surface area contributed by atoms with Crippen molar-refractivity contribution < 1.29 is 0 Å². The van der Waals surface area contributed by atoms with Crippen LogP contribution in [0.2, 0.25) is 0 Å². The monoisotopic (exact) mass is 117 g/mol. The molecule has 2 heteroatoms. The Bertz CT molecular complexity index is 45.3. The summed E-state index contributed by atoms with van der Waals surface area (Å²) in [6, 6.07) is 0. The van der Waals surface area contributed by atoms with E-state index < -0.39 is 0 Å². The lowest BCUT2D eigenvalue weighted by Crippen LogP contribution is -1.78. The van der Waals surface area contributed by atoms with E-state index in [0.717, 1.165) is 12.2 Å². The molecule has 0 aliphatic heterocycles. The highest BCUT2D eigenvalue weighted by Crippen LogP contribution is 1.97. The molecule has 1 N–H and O–H groups in total. The van der Waals surface area contributed by atoms with Gasteiger partial charge in [-0.2, -0.15) is 11.8 Å². The number of hydrogen-bond acceptors (Lipinski definition) is 2.